The molecule has 1 aromatic heterocycles. The highest BCUT2D eigenvalue weighted by molar-refractivity contribution is 7.87. The van der Waals surface area contributed by atoms with Crippen molar-refractivity contribution < 1.29 is 18.3 Å². The first-order chi connectivity index (χ1) is 9.42. The smallest absolute Gasteiger partial charge is 0.322 e. The molecule has 1 aliphatic rings. The molecule has 2 rings (SSSR count). The Bertz CT molecular complexity index is 583. The summed E-state index contributed by atoms with van der Waals surface area (Å²) < 4.78 is 29.5. The summed E-state index contributed by atoms with van der Waals surface area (Å²) in [6.45, 7) is 0.319. The average Bonchev–Trinajstić information content (AvgIpc) is 2.82. The normalized spacial score (nSPS) is 20.9. The zero-order valence-corrected chi connectivity index (χ0v) is 12.0. The Hall–Kier alpha value is -1.45. The summed E-state index contributed by atoms with van der Waals surface area (Å²) in [6, 6.07) is 0.723. The lowest BCUT2D eigenvalue weighted by Gasteiger charge is -2.31. The minimum Gasteiger partial charge on any atom is -0.480 e. The molecule has 1 fully saturated rings. The highest BCUT2D eigenvalue weighted by Crippen LogP contribution is 2.20. The second-order valence-electron chi connectivity index (χ2n) is 4.73. The van der Waals surface area contributed by atoms with E-state index >= 15 is 0 Å². The predicted octanol–water partition coefficient (Wildman–Crippen LogP) is -0.306. The van der Waals surface area contributed by atoms with Gasteiger partial charge >= 0.3 is 5.97 Å². The molecule has 0 bridgehead atoms. The van der Waals surface area contributed by atoms with Gasteiger partial charge in [-0.25, -0.2) is 0 Å². The maximum atomic E-state index is 12.2. The van der Waals surface area contributed by atoms with Gasteiger partial charge < -0.3 is 5.11 Å². The zero-order valence-electron chi connectivity index (χ0n) is 11.2. The van der Waals surface area contributed by atoms with Gasteiger partial charge in [0.25, 0.3) is 10.2 Å². The molecule has 0 aliphatic carbocycles. The molecular weight excluding hydrogens is 284 g/mol. The topological polar surface area (TPSA) is 105 Å². The molecule has 1 unspecified atom stereocenters. The summed E-state index contributed by atoms with van der Waals surface area (Å²) in [5.74, 6) is -1.10. The number of hydrogen-bond acceptors (Lipinski definition) is 4. The van der Waals surface area contributed by atoms with Crippen molar-refractivity contribution in [2.24, 2.45) is 7.05 Å². The van der Waals surface area contributed by atoms with Crippen LogP contribution in [0.4, 0.5) is 0 Å². The largest absolute Gasteiger partial charge is 0.480 e. The summed E-state index contributed by atoms with van der Waals surface area (Å²) in [4.78, 5) is 11.2. The molecule has 1 aromatic rings. The van der Waals surface area contributed by atoms with Crippen molar-refractivity contribution >= 4 is 16.2 Å². The third-order valence-electron chi connectivity index (χ3n) is 3.41. The predicted molar refractivity (Wildman–Crippen MR) is 70.9 cm³/mol. The Morgan fingerprint density at radius 3 is 2.90 bits per heavy atom. The minimum absolute atomic E-state index is 0.0850. The van der Waals surface area contributed by atoms with Crippen LogP contribution in [0.1, 0.15) is 25.0 Å². The van der Waals surface area contributed by atoms with Gasteiger partial charge in [-0.3, -0.25) is 9.48 Å². The second-order valence-corrected chi connectivity index (χ2v) is 6.44. The Balaban J connectivity index is 2.08. The second kappa shape index (κ2) is 5.90. The molecular formula is C11H18N4O4S. The maximum absolute atomic E-state index is 12.2. The van der Waals surface area contributed by atoms with E-state index in [0.717, 1.165) is 10.7 Å². The first kappa shape index (κ1) is 14.9. The summed E-state index contributed by atoms with van der Waals surface area (Å²) in [7, 11) is -2.10. The zero-order chi connectivity index (χ0) is 14.8. The number of aromatic nitrogens is 2. The van der Waals surface area contributed by atoms with E-state index in [4.69, 9.17) is 5.11 Å². The molecule has 1 saturated heterocycles. The van der Waals surface area contributed by atoms with Crippen LogP contribution in [-0.2, 0) is 28.6 Å². The summed E-state index contributed by atoms with van der Waals surface area (Å²) in [5.41, 5.74) is 0.706. The van der Waals surface area contributed by atoms with Gasteiger partial charge in [0.1, 0.15) is 6.04 Å². The summed E-state index contributed by atoms with van der Waals surface area (Å²) >= 11 is 0. The Morgan fingerprint density at radius 2 is 2.30 bits per heavy atom. The fourth-order valence-electron chi connectivity index (χ4n) is 2.26. The lowest BCUT2D eigenvalue weighted by atomic mass is 10.1. The number of hydrogen-bond donors (Lipinski definition) is 2. The molecule has 0 radical (unpaired) electrons. The van der Waals surface area contributed by atoms with Crippen molar-refractivity contribution in [3.8, 4) is 0 Å². The number of carbonyl (C=O) groups is 1. The van der Waals surface area contributed by atoms with Crippen LogP contribution in [0, 0.1) is 0 Å². The van der Waals surface area contributed by atoms with Crippen LogP contribution >= 0.6 is 0 Å². The van der Waals surface area contributed by atoms with Gasteiger partial charge in [0.2, 0.25) is 0 Å². The number of carboxylic acid groups (broad SMARTS) is 1. The molecule has 0 aromatic carbocycles. The van der Waals surface area contributed by atoms with E-state index in [9.17, 15) is 13.2 Å². The van der Waals surface area contributed by atoms with Crippen LogP contribution in [0.25, 0.3) is 0 Å². The Kier molecular flexibility index (Phi) is 4.41. The van der Waals surface area contributed by atoms with Crippen molar-refractivity contribution in [3.05, 3.63) is 18.0 Å². The van der Waals surface area contributed by atoms with Crippen LogP contribution in [0.15, 0.2) is 12.3 Å². The van der Waals surface area contributed by atoms with Gasteiger partial charge in [-0.15, -0.1) is 0 Å². The van der Waals surface area contributed by atoms with E-state index in [1.54, 1.807) is 24.0 Å². The van der Waals surface area contributed by atoms with Crippen molar-refractivity contribution in [2.75, 3.05) is 6.54 Å². The third kappa shape index (κ3) is 3.17. The van der Waals surface area contributed by atoms with Crippen LogP contribution in [0.5, 0.6) is 0 Å². The number of carboxylic acids is 1. The van der Waals surface area contributed by atoms with E-state index < -0.39 is 22.2 Å². The van der Waals surface area contributed by atoms with E-state index in [1.807, 2.05) is 0 Å². The van der Waals surface area contributed by atoms with Gasteiger partial charge in [0.05, 0.1) is 12.2 Å². The molecule has 2 N–H and O–H groups in total. The molecule has 0 spiro atoms. The standard InChI is InChI=1S/C11H18N4O4S/c1-14-9(5-6-12-14)8-13-20(18,19)15-7-3-2-4-10(15)11(16)17/h5-6,10,13H,2-4,7-8H2,1H3,(H,16,17). The van der Waals surface area contributed by atoms with Crippen LogP contribution in [0.2, 0.25) is 0 Å². The van der Waals surface area contributed by atoms with Crippen LogP contribution in [0.3, 0.4) is 0 Å². The molecule has 0 saturated carbocycles. The number of nitrogens with one attached hydrogen (secondary N) is 1. The number of piperidine rings is 1. The molecule has 2 heterocycles. The van der Waals surface area contributed by atoms with Gasteiger partial charge in [-0.05, 0) is 25.3 Å². The molecule has 112 valence electrons. The molecule has 20 heavy (non-hydrogen) atoms. The lowest BCUT2D eigenvalue weighted by Crippen LogP contribution is -2.52. The van der Waals surface area contributed by atoms with Gasteiger partial charge in [0.15, 0.2) is 0 Å². The molecule has 9 heteroatoms. The van der Waals surface area contributed by atoms with Crippen molar-refractivity contribution in [2.45, 2.75) is 31.8 Å². The SMILES string of the molecule is Cn1nccc1CNS(=O)(=O)N1CCCCC1C(=O)O. The quantitative estimate of drug-likeness (QED) is 0.776. The van der Waals surface area contributed by atoms with Gasteiger partial charge in [0, 0.05) is 19.8 Å². The maximum Gasteiger partial charge on any atom is 0.322 e. The van der Waals surface area contributed by atoms with Crippen LogP contribution in [-0.4, -0.2) is 46.2 Å². The van der Waals surface area contributed by atoms with Crippen molar-refractivity contribution in [3.63, 3.8) is 0 Å². The monoisotopic (exact) mass is 302 g/mol. The van der Waals surface area contributed by atoms with Gasteiger partial charge in [-0.1, -0.05) is 0 Å². The van der Waals surface area contributed by atoms with E-state index in [1.165, 1.54) is 0 Å². The number of aliphatic carboxylic acids is 1. The van der Waals surface area contributed by atoms with E-state index in [0.29, 0.717) is 18.5 Å². The van der Waals surface area contributed by atoms with Crippen LogP contribution < -0.4 is 4.72 Å². The van der Waals surface area contributed by atoms with E-state index in [2.05, 4.69) is 9.82 Å². The summed E-state index contributed by atoms with van der Waals surface area (Å²) in [5, 5.41) is 13.1. The molecule has 8 nitrogen and oxygen atoms in total. The number of rotatable bonds is 5. The molecule has 0 amide bonds. The fourth-order valence-corrected chi connectivity index (χ4v) is 3.66. The van der Waals surface area contributed by atoms with Crippen molar-refractivity contribution in [1.29, 1.82) is 0 Å². The molecule has 1 atom stereocenters. The van der Waals surface area contributed by atoms with Crippen molar-refractivity contribution in [1.82, 2.24) is 18.8 Å². The highest BCUT2D eigenvalue weighted by atomic mass is 32.2. The van der Waals surface area contributed by atoms with E-state index in [-0.39, 0.29) is 13.1 Å². The van der Waals surface area contributed by atoms with Gasteiger partial charge in [-0.2, -0.15) is 22.5 Å². The lowest BCUT2D eigenvalue weighted by molar-refractivity contribution is -0.142. The number of aryl methyl sites for hydroxylation is 1. The summed E-state index contributed by atoms with van der Waals surface area (Å²) in [6.07, 6.45) is 3.33. The molecule has 1 aliphatic heterocycles. The average molecular weight is 302 g/mol. The fraction of sp³-hybridized carbons (Fsp3) is 0.636. The third-order valence-corrected chi connectivity index (χ3v) is 4.97. The first-order valence-electron chi connectivity index (χ1n) is 6.38. The first-order valence-corrected chi connectivity index (χ1v) is 7.82. The minimum atomic E-state index is -3.81. The number of nitrogens with zero attached hydrogens (tertiary/aromatic N) is 3. The Morgan fingerprint density at radius 1 is 1.55 bits per heavy atom. The Labute approximate surface area is 117 Å². The highest BCUT2D eigenvalue weighted by Gasteiger charge is 2.36.